The number of nitriles is 1. The highest BCUT2D eigenvalue weighted by atomic mass is 16.2. The summed E-state index contributed by atoms with van der Waals surface area (Å²) < 4.78 is 0. The van der Waals surface area contributed by atoms with Crippen LogP contribution >= 0.6 is 0 Å². The largest absolute Gasteiger partial charge is 0.343 e. The zero-order valence-corrected chi connectivity index (χ0v) is 8.54. The highest BCUT2D eigenvalue weighted by Crippen LogP contribution is 2.31. The van der Waals surface area contributed by atoms with Crippen LogP contribution < -0.4 is 0 Å². The fraction of sp³-hybridized carbons (Fsp3) is 0.700. The van der Waals surface area contributed by atoms with Gasteiger partial charge in [-0.3, -0.25) is 9.59 Å². The van der Waals surface area contributed by atoms with E-state index in [2.05, 4.69) is 6.07 Å². The maximum absolute atomic E-state index is 11.3. The van der Waals surface area contributed by atoms with Gasteiger partial charge in [-0.15, -0.1) is 0 Å². The van der Waals surface area contributed by atoms with Crippen LogP contribution in [0.1, 0.15) is 26.7 Å². The van der Waals surface area contributed by atoms with Crippen molar-refractivity contribution in [3.8, 4) is 6.07 Å². The highest BCUT2D eigenvalue weighted by molar-refractivity contribution is 5.85. The Morgan fingerprint density at radius 3 is 2.07 bits per heavy atom. The lowest BCUT2D eigenvalue weighted by atomic mass is 9.77. The van der Waals surface area contributed by atoms with Gasteiger partial charge in [-0.25, -0.2) is 0 Å². The van der Waals surface area contributed by atoms with Gasteiger partial charge in [-0.05, 0) is 19.8 Å². The van der Waals surface area contributed by atoms with E-state index in [1.54, 1.807) is 4.90 Å². The molecule has 0 unspecified atom stereocenters. The number of Topliss-reactive ketones (excluding diaryl/α,β-unsaturated/α-hetero) is 1. The molecule has 0 spiro atoms. The van der Waals surface area contributed by atoms with E-state index in [9.17, 15) is 9.59 Å². The average Bonchev–Trinajstić information content (AvgIpc) is 2.17. The second-order valence-corrected chi connectivity index (χ2v) is 3.76. The summed E-state index contributed by atoms with van der Waals surface area (Å²) >= 11 is 0. The molecular weight excluding hydrogens is 180 g/mol. The molecule has 4 nitrogen and oxygen atoms in total. The molecule has 0 saturated carbocycles. The Labute approximate surface area is 83.5 Å². The van der Waals surface area contributed by atoms with Crippen LogP contribution in [0.3, 0.4) is 0 Å². The summed E-state index contributed by atoms with van der Waals surface area (Å²) in [7, 11) is 0. The van der Waals surface area contributed by atoms with Gasteiger partial charge in [0.1, 0.15) is 11.2 Å². The van der Waals surface area contributed by atoms with Gasteiger partial charge in [0, 0.05) is 20.0 Å². The maximum Gasteiger partial charge on any atom is 0.219 e. The van der Waals surface area contributed by atoms with Crippen molar-refractivity contribution in [2.75, 3.05) is 13.1 Å². The quantitative estimate of drug-likeness (QED) is 0.618. The number of carbonyl (C=O) groups excluding carboxylic acids is 2. The van der Waals surface area contributed by atoms with Gasteiger partial charge < -0.3 is 4.90 Å². The van der Waals surface area contributed by atoms with Crippen molar-refractivity contribution in [1.29, 1.82) is 5.26 Å². The van der Waals surface area contributed by atoms with Crippen LogP contribution in [0, 0.1) is 16.7 Å². The number of ketones is 1. The van der Waals surface area contributed by atoms with E-state index in [-0.39, 0.29) is 11.7 Å². The van der Waals surface area contributed by atoms with Crippen molar-refractivity contribution in [2.24, 2.45) is 5.41 Å². The van der Waals surface area contributed by atoms with Crippen LogP contribution in [-0.2, 0) is 9.59 Å². The van der Waals surface area contributed by atoms with Gasteiger partial charge in [-0.2, -0.15) is 5.26 Å². The van der Waals surface area contributed by atoms with Crippen molar-refractivity contribution in [3.05, 3.63) is 0 Å². The first-order valence-electron chi connectivity index (χ1n) is 4.70. The highest BCUT2D eigenvalue weighted by Gasteiger charge is 2.39. The molecule has 1 amide bonds. The van der Waals surface area contributed by atoms with Crippen LogP contribution in [0.5, 0.6) is 0 Å². The minimum absolute atomic E-state index is 0.0140. The Morgan fingerprint density at radius 2 is 1.79 bits per heavy atom. The summed E-state index contributed by atoms with van der Waals surface area (Å²) in [6.45, 7) is 3.99. The predicted molar refractivity (Wildman–Crippen MR) is 50.2 cm³/mol. The lowest BCUT2D eigenvalue weighted by Gasteiger charge is -2.35. The van der Waals surface area contributed by atoms with Crippen molar-refractivity contribution >= 4 is 11.7 Å². The first kappa shape index (κ1) is 10.7. The van der Waals surface area contributed by atoms with Crippen LogP contribution in [0.25, 0.3) is 0 Å². The van der Waals surface area contributed by atoms with Crippen molar-refractivity contribution in [3.63, 3.8) is 0 Å². The van der Waals surface area contributed by atoms with Crippen molar-refractivity contribution < 1.29 is 9.59 Å². The summed E-state index contributed by atoms with van der Waals surface area (Å²) in [6.07, 6.45) is 0.941. The van der Waals surface area contributed by atoms with E-state index >= 15 is 0 Å². The number of piperidine rings is 1. The number of amides is 1. The summed E-state index contributed by atoms with van der Waals surface area (Å²) in [4.78, 5) is 24.0. The van der Waals surface area contributed by atoms with Gasteiger partial charge in [0.15, 0.2) is 0 Å². The third-order valence-electron chi connectivity index (χ3n) is 2.95. The molecule has 0 aromatic carbocycles. The van der Waals surface area contributed by atoms with Gasteiger partial charge in [0.25, 0.3) is 0 Å². The molecular formula is C10H14N2O2. The molecule has 1 aliphatic rings. The Hall–Kier alpha value is -1.37. The predicted octanol–water partition coefficient (Wildman–Crippen LogP) is 0.728. The lowest BCUT2D eigenvalue weighted by molar-refractivity contribution is -0.134. The topological polar surface area (TPSA) is 61.2 Å². The molecule has 76 valence electrons. The molecule has 0 aromatic heterocycles. The number of rotatable bonds is 1. The lowest BCUT2D eigenvalue weighted by Crippen LogP contribution is -2.44. The van der Waals surface area contributed by atoms with E-state index < -0.39 is 5.41 Å². The van der Waals surface area contributed by atoms with E-state index in [1.807, 2.05) is 0 Å². The maximum atomic E-state index is 11.3. The van der Waals surface area contributed by atoms with Crippen molar-refractivity contribution in [1.82, 2.24) is 4.90 Å². The number of likely N-dealkylation sites (tertiary alicyclic amines) is 1. The zero-order chi connectivity index (χ0) is 10.8. The molecule has 14 heavy (non-hydrogen) atoms. The van der Waals surface area contributed by atoms with Gasteiger partial charge in [-0.1, -0.05) is 0 Å². The number of hydrogen-bond donors (Lipinski definition) is 0. The standard InChI is InChI=1S/C10H14N2O2/c1-8(13)10(7-11)3-5-12(6-4-10)9(2)14/h3-6H2,1-2H3. The van der Waals surface area contributed by atoms with E-state index in [0.717, 1.165) is 0 Å². The van der Waals surface area contributed by atoms with Crippen molar-refractivity contribution in [2.45, 2.75) is 26.7 Å². The number of carbonyl (C=O) groups is 2. The minimum Gasteiger partial charge on any atom is -0.343 e. The first-order valence-corrected chi connectivity index (χ1v) is 4.70. The Kier molecular flexibility index (Phi) is 2.90. The minimum atomic E-state index is -0.841. The van der Waals surface area contributed by atoms with Crippen LogP contribution in [-0.4, -0.2) is 29.7 Å². The Balaban J connectivity index is 2.70. The van der Waals surface area contributed by atoms with E-state index in [4.69, 9.17) is 5.26 Å². The molecule has 1 heterocycles. The Bertz CT molecular complexity index is 296. The first-order chi connectivity index (χ1) is 6.52. The Morgan fingerprint density at radius 1 is 1.29 bits per heavy atom. The van der Waals surface area contributed by atoms with E-state index in [1.165, 1.54) is 13.8 Å². The zero-order valence-electron chi connectivity index (χ0n) is 8.54. The molecule has 0 radical (unpaired) electrons. The normalized spacial score (nSPS) is 19.9. The molecule has 1 saturated heterocycles. The third-order valence-corrected chi connectivity index (χ3v) is 2.95. The molecule has 1 rings (SSSR count). The molecule has 1 aliphatic heterocycles. The second kappa shape index (κ2) is 3.79. The molecule has 0 atom stereocenters. The monoisotopic (exact) mass is 194 g/mol. The summed E-state index contributed by atoms with van der Waals surface area (Å²) in [5.74, 6) is -0.0664. The van der Waals surface area contributed by atoms with Crippen LogP contribution in [0.4, 0.5) is 0 Å². The fourth-order valence-electron chi connectivity index (χ4n) is 1.75. The van der Waals surface area contributed by atoms with Gasteiger partial charge in [0.2, 0.25) is 5.91 Å². The van der Waals surface area contributed by atoms with E-state index in [0.29, 0.717) is 25.9 Å². The second-order valence-electron chi connectivity index (χ2n) is 3.76. The molecule has 0 aromatic rings. The molecule has 4 heteroatoms. The third kappa shape index (κ3) is 1.77. The molecule has 0 aliphatic carbocycles. The summed E-state index contributed by atoms with van der Waals surface area (Å²) in [6, 6.07) is 2.09. The van der Waals surface area contributed by atoms with Crippen LogP contribution in [0.15, 0.2) is 0 Å². The number of nitrogens with zero attached hydrogens (tertiary/aromatic N) is 2. The van der Waals surface area contributed by atoms with Gasteiger partial charge >= 0.3 is 0 Å². The average molecular weight is 194 g/mol. The SMILES string of the molecule is CC(=O)N1CCC(C#N)(C(C)=O)CC1. The smallest absolute Gasteiger partial charge is 0.219 e. The number of hydrogen-bond acceptors (Lipinski definition) is 3. The molecule has 0 N–H and O–H groups in total. The van der Waals surface area contributed by atoms with Gasteiger partial charge in [0.05, 0.1) is 6.07 Å². The molecule has 1 fully saturated rings. The summed E-state index contributed by atoms with van der Waals surface area (Å²) in [5, 5.41) is 8.96. The molecule has 0 bridgehead atoms. The summed E-state index contributed by atoms with van der Waals surface area (Å²) in [5.41, 5.74) is -0.841. The fourth-order valence-corrected chi connectivity index (χ4v) is 1.75. The van der Waals surface area contributed by atoms with Crippen LogP contribution in [0.2, 0.25) is 0 Å².